The molecular weight excluding hydrogens is 343 g/mol. The molecule has 0 aliphatic heterocycles. The molecule has 1 heterocycles. The second-order valence-corrected chi connectivity index (χ2v) is 9.02. The van der Waals surface area contributed by atoms with Crippen molar-refractivity contribution in [3.8, 4) is 0 Å². The highest BCUT2D eigenvalue weighted by atomic mass is 79.9. The van der Waals surface area contributed by atoms with Crippen molar-refractivity contribution in [2.24, 2.45) is 0 Å². The fraction of sp³-hybridized carbons (Fsp3) is 0.643. The van der Waals surface area contributed by atoms with Gasteiger partial charge in [0.15, 0.2) is 0 Å². The third-order valence-corrected chi connectivity index (χ3v) is 5.52. The van der Waals surface area contributed by atoms with E-state index in [1.54, 1.807) is 12.1 Å². The van der Waals surface area contributed by atoms with E-state index in [9.17, 15) is 8.94 Å². The number of hydrogen-bond donors (Lipinski definition) is 1. The molecule has 0 radical (unpaired) electrons. The molecular formula is C14H20BrFN2OS. The number of pyridine rings is 1. The van der Waals surface area contributed by atoms with Crippen molar-refractivity contribution < 1.29 is 8.94 Å². The van der Waals surface area contributed by atoms with Crippen molar-refractivity contribution in [3.05, 3.63) is 28.5 Å². The van der Waals surface area contributed by atoms with Crippen LogP contribution in [0, 0.1) is 0 Å². The van der Waals surface area contributed by atoms with Crippen LogP contribution in [0.1, 0.15) is 51.8 Å². The fourth-order valence-corrected chi connectivity index (χ4v) is 3.36. The van der Waals surface area contributed by atoms with Gasteiger partial charge in [-0.25, -0.2) is 9.37 Å². The van der Waals surface area contributed by atoms with Crippen LogP contribution in [0.25, 0.3) is 0 Å². The molecule has 2 atom stereocenters. The fourth-order valence-electron chi connectivity index (χ4n) is 2.10. The van der Waals surface area contributed by atoms with Crippen LogP contribution in [0.5, 0.6) is 0 Å². The van der Waals surface area contributed by atoms with Gasteiger partial charge in [0.1, 0.15) is 21.1 Å². The van der Waals surface area contributed by atoms with Gasteiger partial charge in [-0.3, -0.25) is 0 Å². The van der Waals surface area contributed by atoms with E-state index in [1.807, 2.05) is 26.8 Å². The van der Waals surface area contributed by atoms with Crippen LogP contribution < -0.4 is 4.72 Å². The lowest BCUT2D eigenvalue weighted by atomic mass is 9.75. The normalized spacial score (nSPS) is 21.1. The largest absolute Gasteiger partial charge is 0.598 e. The van der Waals surface area contributed by atoms with Gasteiger partial charge in [0.05, 0.1) is 5.69 Å². The van der Waals surface area contributed by atoms with Crippen LogP contribution in [-0.2, 0) is 11.4 Å². The molecule has 0 bridgehead atoms. The number of hydrogen-bond acceptors (Lipinski definition) is 3. The van der Waals surface area contributed by atoms with E-state index in [0.29, 0.717) is 23.1 Å². The van der Waals surface area contributed by atoms with Crippen LogP contribution in [0.3, 0.4) is 0 Å². The molecule has 1 aliphatic carbocycles. The van der Waals surface area contributed by atoms with Gasteiger partial charge < -0.3 is 4.55 Å². The molecule has 20 heavy (non-hydrogen) atoms. The van der Waals surface area contributed by atoms with Crippen molar-refractivity contribution in [1.82, 2.24) is 9.71 Å². The van der Waals surface area contributed by atoms with Crippen molar-refractivity contribution in [2.75, 3.05) is 0 Å². The summed E-state index contributed by atoms with van der Waals surface area (Å²) in [6, 6.07) is 4.77. The molecule has 1 unspecified atom stereocenters. The minimum absolute atomic E-state index is 0.440. The molecule has 3 nitrogen and oxygen atoms in total. The number of rotatable bonds is 4. The van der Waals surface area contributed by atoms with Crippen molar-refractivity contribution in [3.63, 3.8) is 0 Å². The summed E-state index contributed by atoms with van der Waals surface area (Å²) in [6.45, 7) is 5.60. The van der Waals surface area contributed by atoms with Gasteiger partial charge in [0.2, 0.25) is 0 Å². The zero-order valence-electron chi connectivity index (χ0n) is 12.0. The van der Waals surface area contributed by atoms with Gasteiger partial charge in [-0.05, 0) is 68.1 Å². The summed E-state index contributed by atoms with van der Waals surface area (Å²) in [5.74, 6) is 0. The highest BCUT2D eigenvalue weighted by molar-refractivity contribution is 9.10. The number of nitrogens with one attached hydrogen (secondary N) is 1. The second-order valence-electron chi connectivity index (χ2n) is 6.21. The van der Waals surface area contributed by atoms with Gasteiger partial charge in [0, 0.05) is 11.4 Å². The Bertz CT molecular complexity index is 476. The van der Waals surface area contributed by atoms with Crippen molar-refractivity contribution >= 4 is 27.3 Å². The topological polar surface area (TPSA) is 48.0 Å². The Morgan fingerprint density at radius 1 is 1.45 bits per heavy atom. The summed E-state index contributed by atoms with van der Waals surface area (Å²) in [6.07, 6.45) is 1.84. The Morgan fingerprint density at radius 3 is 2.55 bits per heavy atom. The first-order valence-corrected chi connectivity index (χ1v) is 8.66. The lowest BCUT2D eigenvalue weighted by molar-refractivity contribution is 0.0261. The van der Waals surface area contributed by atoms with E-state index in [4.69, 9.17) is 0 Å². The average molecular weight is 363 g/mol. The predicted molar refractivity (Wildman–Crippen MR) is 83.4 cm³/mol. The van der Waals surface area contributed by atoms with E-state index in [1.165, 1.54) is 0 Å². The molecule has 112 valence electrons. The van der Waals surface area contributed by atoms with E-state index >= 15 is 0 Å². The zero-order valence-corrected chi connectivity index (χ0v) is 14.4. The molecule has 0 aromatic carbocycles. The van der Waals surface area contributed by atoms with Gasteiger partial charge in [-0.15, -0.1) is 4.72 Å². The number of nitrogens with zero attached hydrogens (tertiary/aromatic N) is 1. The maximum absolute atomic E-state index is 14.9. The lowest BCUT2D eigenvalue weighted by Crippen LogP contribution is -2.51. The molecule has 0 amide bonds. The highest BCUT2D eigenvalue weighted by Gasteiger charge is 2.49. The predicted octanol–water partition coefficient (Wildman–Crippen LogP) is 3.83. The van der Waals surface area contributed by atoms with E-state index < -0.39 is 27.8 Å². The first-order chi connectivity index (χ1) is 9.22. The molecule has 1 aliphatic rings. The molecule has 6 heteroatoms. The summed E-state index contributed by atoms with van der Waals surface area (Å²) in [4.78, 5) is 4.34. The Balaban J connectivity index is 2.26. The maximum atomic E-state index is 14.9. The van der Waals surface area contributed by atoms with Crippen LogP contribution in [0.4, 0.5) is 4.39 Å². The highest BCUT2D eigenvalue weighted by Crippen LogP contribution is 2.46. The standard InChI is InChI=1S/C14H20BrFN2OS/c1-13(2,3)20(19)18-12(14(16)8-5-9-14)10-6-4-7-11(15)17-10/h4,6-7,12,18H,5,8-9H2,1-3H3/t12?,20-/m1/s1. The van der Waals surface area contributed by atoms with Gasteiger partial charge in [-0.2, -0.15) is 0 Å². The minimum Gasteiger partial charge on any atom is -0.598 e. The van der Waals surface area contributed by atoms with Gasteiger partial charge >= 0.3 is 0 Å². The van der Waals surface area contributed by atoms with Crippen LogP contribution >= 0.6 is 15.9 Å². The van der Waals surface area contributed by atoms with Crippen LogP contribution in [0.15, 0.2) is 22.8 Å². The molecule has 1 aromatic rings. The summed E-state index contributed by atoms with van der Waals surface area (Å²) in [5.41, 5.74) is -0.756. The van der Waals surface area contributed by atoms with Crippen LogP contribution in [0.2, 0.25) is 0 Å². The Kier molecular flexibility index (Phi) is 4.79. The number of aromatic nitrogens is 1. The Hall–Kier alpha value is -0.170. The minimum atomic E-state index is -1.35. The molecule has 1 aromatic heterocycles. The average Bonchev–Trinajstić information content (AvgIpc) is 2.31. The van der Waals surface area contributed by atoms with Gasteiger partial charge in [-0.1, -0.05) is 6.07 Å². The molecule has 1 saturated carbocycles. The molecule has 0 saturated heterocycles. The number of alkyl halides is 1. The molecule has 0 spiro atoms. The first kappa shape index (κ1) is 16.2. The summed E-state index contributed by atoms with van der Waals surface area (Å²) >= 11 is 1.97. The monoisotopic (exact) mass is 362 g/mol. The Labute approximate surface area is 131 Å². The quantitative estimate of drug-likeness (QED) is 0.653. The van der Waals surface area contributed by atoms with E-state index in [2.05, 4.69) is 25.6 Å². The number of halogens is 2. The van der Waals surface area contributed by atoms with Crippen molar-refractivity contribution in [1.29, 1.82) is 0 Å². The first-order valence-electron chi connectivity index (χ1n) is 6.72. The van der Waals surface area contributed by atoms with Gasteiger partial charge in [0.25, 0.3) is 0 Å². The lowest BCUT2D eigenvalue weighted by Gasteiger charge is -2.41. The second kappa shape index (κ2) is 5.91. The molecule has 2 rings (SSSR count). The van der Waals surface area contributed by atoms with E-state index in [0.717, 1.165) is 6.42 Å². The van der Waals surface area contributed by atoms with Crippen LogP contribution in [-0.4, -0.2) is 20.0 Å². The Morgan fingerprint density at radius 2 is 2.10 bits per heavy atom. The SMILES string of the molecule is CC(C)(C)[S@@+]([O-])NC(c1cccc(Br)n1)C1(F)CCC1. The van der Waals surface area contributed by atoms with E-state index in [-0.39, 0.29) is 0 Å². The summed E-state index contributed by atoms with van der Waals surface area (Å²) < 4.78 is 30.4. The third-order valence-electron chi connectivity index (χ3n) is 3.52. The van der Waals surface area contributed by atoms with Crippen molar-refractivity contribution in [2.45, 2.75) is 56.5 Å². The maximum Gasteiger partial charge on any atom is 0.136 e. The third kappa shape index (κ3) is 3.53. The zero-order chi connectivity index (χ0) is 15.0. The molecule has 1 fully saturated rings. The summed E-state index contributed by atoms with van der Waals surface area (Å²) in [7, 11) is 0. The summed E-state index contributed by atoms with van der Waals surface area (Å²) in [5, 5.41) is 0. The smallest absolute Gasteiger partial charge is 0.136 e. The molecule has 1 N–H and O–H groups in total.